The predicted octanol–water partition coefficient (Wildman–Crippen LogP) is 3.39. The lowest BCUT2D eigenvalue weighted by Gasteiger charge is -2.00. The fourth-order valence-corrected chi connectivity index (χ4v) is 2.65. The maximum Gasteiger partial charge on any atom is 0.347 e. The van der Waals surface area contributed by atoms with Crippen molar-refractivity contribution < 1.29 is 19.4 Å². The maximum absolute atomic E-state index is 10.8. The first-order valence-corrected chi connectivity index (χ1v) is 6.79. The first-order chi connectivity index (χ1) is 9.63. The molecule has 3 rings (SSSR count). The first kappa shape index (κ1) is 13.0. The van der Waals surface area contributed by atoms with E-state index in [4.69, 9.17) is 26.2 Å². The van der Waals surface area contributed by atoms with Crippen LogP contribution < -0.4 is 9.47 Å². The number of carboxylic acid groups (broad SMARTS) is 1. The number of carbonyl (C=O) groups is 1. The van der Waals surface area contributed by atoms with E-state index in [2.05, 4.69) is 4.98 Å². The van der Waals surface area contributed by atoms with Crippen LogP contribution in [0.3, 0.4) is 0 Å². The van der Waals surface area contributed by atoms with Gasteiger partial charge in [-0.15, -0.1) is 11.3 Å². The minimum absolute atomic E-state index is 0.163. The average molecular weight is 310 g/mol. The number of nitrogens with zero attached hydrogens (tertiary/aromatic N) is 1. The van der Waals surface area contributed by atoms with E-state index in [9.17, 15) is 4.79 Å². The molecule has 0 amide bonds. The van der Waals surface area contributed by atoms with E-state index < -0.39 is 5.97 Å². The average Bonchev–Trinajstić information content (AvgIpc) is 3.05. The summed E-state index contributed by atoms with van der Waals surface area (Å²) in [7, 11) is 0. The van der Waals surface area contributed by atoms with Gasteiger partial charge in [-0.3, -0.25) is 0 Å². The molecule has 2 heterocycles. The van der Waals surface area contributed by atoms with Crippen molar-refractivity contribution in [1.82, 2.24) is 4.98 Å². The lowest BCUT2D eigenvalue weighted by atomic mass is 10.2. The Balaban J connectivity index is 1.85. The summed E-state index contributed by atoms with van der Waals surface area (Å²) in [4.78, 5) is 15.0. The summed E-state index contributed by atoms with van der Waals surface area (Å²) >= 11 is 7.18. The molecule has 0 spiro atoms. The molecule has 1 aromatic carbocycles. The van der Waals surface area contributed by atoms with E-state index in [1.807, 2.05) is 0 Å². The van der Waals surface area contributed by atoms with Crippen molar-refractivity contribution in [2.75, 3.05) is 6.79 Å². The third-order valence-electron chi connectivity index (χ3n) is 2.60. The molecule has 0 bridgehead atoms. The van der Waals surface area contributed by atoms with Gasteiger partial charge in [-0.05, 0) is 23.8 Å². The molecule has 102 valence electrons. The van der Waals surface area contributed by atoms with Crippen molar-refractivity contribution in [3.63, 3.8) is 0 Å². The Morgan fingerprint density at radius 3 is 3.00 bits per heavy atom. The molecule has 1 aliphatic heterocycles. The van der Waals surface area contributed by atoms with E-state index in [0.29, 0.717) is 21.5 Å². The number of aromatic nitrogens is 1. The van der Waals surface area contributed by atoms with Crippen LogP contribution in [0, 0.1) is 0 Å². The van der Waals surface area contributed by atoms with Gasteiger partial charge in [0.15, 0.2) is 11.5 Å². The monoisotopic (exact) mass is 309 g/mol. The fourth-order valence-electron chi connectivity index (χ4n) is 1.71. The van der Waals surface area contributed by atoms with Gasteiger partial charge in [-0.25, -0.2) is 9.78 Å². The highest BCUT2D eigenvalue weighted by Gasteiger charge is 2.17. The molecule has 1 aliphatic rings. The normalized spacial score (nSPS) is 13.1. The van der Waals surface area contributed by atoms with Crippen molar-refractivity contribution in [2.24, 2.45) is 0 Å². The Labute approximate surface area is 123 Å². The van der Waals surface area contributed by atoms with Crippen molar-refractivity contribution in [3.8, 4) is 11.5 Å². The topological polar surface area (TPSA) is 68.7 Å². The molecule has 1 N–H and O–H groups in total. The smallest absolute Gasteiger partial charge is 0.347 e. The molecular formula is C13H8ClNO4S. The van der Waals surface area contributed by atoms with Gasteiger partial charge in [0.2, 0.25) is 6.79 Å². The SMILES string of the molecule is O=C(O)c1cnc(C=Cc2cc(Cl)c3c(c2)OCO3)s1. The van der Waals surface area contributed by atoms with E-state index in [-0.39, 0.29) is 11.7 Å². The summed E-state index contributed by atoms with van der Waals surface area (Å²) in [6.45, 7) is 0.163. The minimum Gasteiger partial charge on any atom is -0.477 e. The third-order valence-corrected chi connectivity index (χ3v) is 3.83. The molecule has 20 heavy (non-hydrogen) atoms. The number of ether oxygens (including phenoxy) is 2. The number of carboxylic acids is 1. The number of thiazole rings is 1. The molecule has 2 aromatic rings. The van der Waals surface area contributed by atoms with Gasteiger partial charge in [0.05, 0.1) is 11.2 Å². The van der Waals surface area contributed by atoms with Crippen LogP contribution in [0.15, 0.2) is 18.3 Å². The van der Waals surface area contributed by atoms with Gasteiger partial charge in [-0.1, -0.05) is 17.7 Å². The Kier molecular flexibility index (Phi) is 3.33. The third kappa shape index (κ3) is 2.48. The van der Waals surface area contributed by atoms with E-state index in [0.717, 1.165) is 16.9 Å². The summed E-state index contributed by atoms with van der Waals surface area (Å²) in [6.07, 6.45) is 4.85. The molecule has 0 saturated heterocycles. The van der Waals surface area contributed by atoms with Crippen LogP contribution in [0.5, 0.6) is 11.5 Å². The molecule has 1 aromatic heterocycles. The number of benzene rings is 1. The van der Waals surface area contributed by atoms with Gasteiger partial charge < -0.3 is 14.6 Å². The van der Waals surface area contributed by atoms with Crippen molar-refractivity contribution >= 4 is 41.1 Å². The van der Waals surface area contributed by atoms with E-state index in [1.165, 1.54) is 6.20 Å². The van der Waals surface area contributed by atoms with Crippen molar-refractivity contribution in [3.05, 3.63) is 38.8 Å². The second kappa shape index (κ2) is 5.15. The molecular weight excluding hydrogens is 302 g/mol. The highest BCUT2D eigenvalue weighted by molar-refractivity contribution is 7.14. The molecule has 5 nitrogen and oxygen atoms in total. The van der Waals surface area contributed by atoms with Gasteiger partial charge in [0.1, 0.15) is 9.88 Å². The lowest BCUT2D eigenvalue weighted by molar-refractivity contribution is 0.0702. The van der Waals surface area contributed by atoms with Gasteiger partial charge in [0.25, 0.3) is 0 Å². The van der Waals surface area contributed by atoms with Gasteiger partial charge >= 0.3 is 5.97 Å². The van der Waals surface area contributed by atoms with Crippen LogP contribution >= 0.6 is 22.9 Å². The summed E-state index contributed by atoms with van der Waals surface area (Å²) < 4.78 is 10.5. The fraction of sp³-hybridized carbons (Fsp3) is 0.0769. The van der Waals surface area contributed by atoms with Gasteiger partial charge in [-0.2, -0.15) is 0 Å². The lowest BCUT2D eigenvalue weighted by Crippen LogP contribution is -1.93. The second-order valence-corrected chi connectivity index (χ2v) is 5.41. The van der Waals surface area contributed by atoms with Crippen molar-refractivity contribution in [1.29, 1.82) is 0 Å². The molecule has 0 atom stereocenters. The number of rotatable bonds is 3. The zero-order valence-corrected chi connectivity index (χ0v) is 11.6. The maximum atomic E-state index is 10.8. The molecule has 7 heteroatoms. The molecule has 0 fully saturated rings. The Morgan fingerprint density at radius 2 is 2.25 bits per heavy atom. The second-order valence-electron chi connectivity index (χ2n) is 3.94. The van der Waals surface area contributed by atoms with Crippen LogP contribution in [0.1, 0.15) is 20.2 Å². The Morgan fingerprint density at radius 1 is 1.40 bits per heavy atom. The summed E-state index contributed by atoms with van der Waals surface area (Å²) in [6, 6.07) is 3.55. The Hall–Kier alpha value is -2.05. The number of aromatic carboxylic acids is 1. The highest BCUT2D eigenvalue weighted by Crippen LogP contribution is 2.40. The summed E-state index contributed by atoms with van der Waals surface area (Å²) in [5.74, 6) is 0.169. The van der Waals surface area contributed by atoms with Gasteiger partial charge in [0, 0.05) is 0 Å². The zero-order chi connectivity index (χ0) is 14.1. The van der Waals surface area contributed by atoms with Crippen LogP contribution in [0.2, 0.25) is 5.02 Å². The van der Waals surface area contributed by atoms with Crippen LogP contribution in [-0.2, 0) is 0 Å². The van der Waals surface area contributed by atoms with Crippen LogP contribution in [-0.4, -0.2) is 22.9 Å². The molecule has 0 unspecified atom stereocenters. The summed E-state index contributed by atoms with van der Waals surface area (Å²) in [5, 5.41) is 9.91. The largest absolute Gasteiger partial charge is 0.477 e. The van der Waals surface area contributed by atoms with E-state index >= 15 is 0 Å². The molecule has 0 aliphatic carbocycles. The van der Waals surface area contributed by atoms with Crippen LogP contribution in [0.4, 0.5) is 0 Å². The predicted molar refractivity (Wildman–Crippen MR) is 75.6 cm³/mol. The first-order valence-electron chi connectivity index (χ1n) is 5.60. The standard InChI is InChI=1S/C13H8ClNO4S/c14-8-3-7(4-9-12(8)19-6-18-9)1-2-11-15-5-10(20-11)13(16)17/h1-5H,6H2,(H,16,17). The highest BCUT2D eigenvalue weighted by atomic mass is 35.5. The Bertz CT molecular complexity index is 710. The number of halogens is 1. The summed E-state index contributed by atoms with van der Waals surface area (Å²) in [5.41, 5.74) is 0.825. The molecule has 0 saturated carbocycles. The van der Waals surface area contributed by atoms with Crippen molar-refractivity contribution in [2.45, 2.75) is 0 Å². The minimum atomic E-state index is -0.978. The quantitative estimate of drug-likeness (QED) is 0.941. The number of hydrogen-bond acceptors (Lipinski definition) is 5. The van der Waals surface area contributed by atoms with E-state index in [1.54, 1.807) is 24.3 Å². The zero-order valence-electron chi connectivity index (χ0n) is 10.00. The number of hydrogen-bond donors (Lipinski definition) is 1. The number of fused-ring (bicyclic) bond motifs is 1. The van der Waals surface area contributed by atoms with Crippen LogP contribution in [0.25, 0.3) is 12.2 Å². The molecule has 0 radical (unpaired) electrons.